The van der Waals surface area contributed by atoms with Crippen molar-refractivity contribution in [1.82, 2.24) is 0 Å². The van der Waals surface area contributed by atoms with Gasteiger partial charge in [0.25, 0.3) is 0 Å². The standard InChI is InChI=1S/C33H38N2O2/c1-21(2)20-37-26-16-12-23(13-17-26)32-31-29(34-27-8-6-7-9-28(27)35-32)18-24(19-30(31)36)22-10-14-25(15-11-22)33(3,4)5/h6-17,21,24,32,34-35H,18-20H2,1-5H3. The molecule has 0 spiro atoms. The number of nitrogens with one attached hydrogen (secondary N) is 2. The molecule has 0 bridgehead atoms. The van der Waals surface area contributed by atoms with Crippen LogP contribution in [-0.4, -0.2) is 12.4 Å². The van der Waals surface area contributed by atoms with Crippen LogP contribution in [0.3, 0.4) is 0 Å². The SMILES string of the molecule is CC(C)COc1ccc(C2Nc3ccccc3NC3=C2C(=O)CC(c2ccc(C(C)(C)C)cc2)C3)cc1. The van der Waals surface area contributed by atoms with Gasteiger partial charge in [0, 0.05) is 17.7 Å². The number of carbonyl (C=O) groups is 1. The number of hydrogen-bond donors (Lipinski definition) is 2. The Bertz CT molecular complexity index is 1300. The zero-order valence-electron chi connectivity index (χ0n) is 22.6. The fourth-order valence-corrected chi connectivity index (χ4v) is 5.25. The number of ketones is 1. The van der Waals surface area contributed by atoms with E-state index >= 15 is 0 Å². The summed E-state index contributed by atoms with van der Waals surface area (Å²) in [6, 6.07) is 25.0. The molecule has 1 heterocycles. The Hall–Kier alpha value is -3.53. The number of anilines is 2. The highest BCUT2D eigenvalue weighted by atomic mass is 16.5. The first kappa shape index (κ1) is 25.1. The zero-order valence-corrected chi connectivity index (χ0v) is 22.6. The molecule has 0 radical (unpaired) electrons. The Morgan fingerprint density at radius 2 is 1.51 bits per heavy atom. The molecule has 192 valence electrons. The lowest BCUT2D eigenvalue weighted by Crippen LogP contribution is -2.27. The van der Waals surface area contributed by atoms with E-state index in [0.29, 0.717) is 18.9 Å². The molecule has 2 aliphatic rings. The van der Waals surface area contributed by atoms with Crippen molar-refractivity contribution in [2.45, 2.75) is 64.8 Å². The summed E-state index contributed by atoms with van der Waals surface area (Å²) in [7, 11) is 0. The van der Waals surface area contributed by atoms with Gasteiger partial charge in [-0.3, -0.25) is 4.79 Å². The molecule has 4 nitrogen and oxygen atoms in total. The number of allylic oxidation sites excluding steroid dienone is 1. The van der Waals surface area contributed by atoms with E-state index in [2.05, 4.69) is 93.8 Å². The van der Waals surface area contributed by atoms with Gasteiger partial charge in [0.15, 0.2) is 5.78 Å². The minimum atomic E-state index is -0.220. The second-order valence-corrected chi connectivity index (χ2v) is 11.8. The molecule has 2 N–H and O–H groups in total. The van der Waals surface area contributed by atoms with E-state index in [1.807, 2.05) is 24.3 Å². The van der Waals surface area contributed by atoms with Gasteiger partial charge in [0.1, 0.15) is 5.75 Å². The lowest BCUT2D eigenvalue weighted by Gasteiger charge is -2.30. The van der Waals surface area contributed by atoms with Crippen molar-refractivity contribution in [3.05, 3.63) is 101 Å². The van der Waals surface area contributed by atoms with Crippen molar-refractivity contribution >= 4 is 17.2 Å². The van der Waals surface area contributed by atoms with E-state index in [4.69, 9.17) is 4.74 Å². The topological polar surface area (TPSA) is 50.4 Å². The monoisotopic (exact) mass is 494 g/mol. The predicted octanol–water partition coefficient (Wildman–Crippen LogP) is 8.00. The summed E-state index contributed by atoms with van der Waals surface area (Å²) in [5.41, 5.74) is 7.57. The van der Waals surface area contributed by atoms with Gasteiger partial charge in [-0.25, -0.2) is 0 Å². The number of hydrogen-bond acceptors (Lipinski definition) is 4. The fraction of sp³-hybridized carbons (Fsp3) is 0.364. The largest absolute Gasteiger partial charge is 0.493 e. The summed E-state index contributed by atoms with van der Waals surface area (Å²) in [4.78, 5) is 13.8. The maximum atomic E-state index is 13.8. The minimum absolute atomic E-state index is 0.109. The van der Waals surface area contributed by atoms with E-state index < -0.39 is 0 Å². The summed E-state index contributed by atoms with van der Waals surface area (Å²) in [5, 5.41) is 7.31. The third-order valence-corrected chi connectivity index (χ3v) is 7.35. The maximum Gasteiger partial charge on any atom is 0.163 e. The molecule has 37 heavy (non-hydrogen) atoms. The van der Waals surface area contributed by atoms with Gasteiger partial charge in [0.2, 0.25) is 0 Å². The van der Waals surface area contributed by atoms with Crippen LogP contribution in [-0.2, 0) is 10.2 Å². The second kappa shape index (κ2) is 10.1. The lowest BCUT2D eigenvalue weighted by molar-refractivity contribution is -0.116. The van der Waals surface area contributed by atoms with Gasteiger partial charge >= 0.3 is 0 Å². The van der Waals surface area contributed by atoms with Crippen molar-refractivity contribution in [3.8, 4) is 5.75 Å². The number of benzene rings is 3. The number of fused-ring (bicyclic) bond motifs is 1. The van der Waals surface area contributed by atoms with Gasteiger partial charge in [-0.05, 0) is 64.6 Å². The Balaban J connectivity index is 1.48. The molecular formula is C33H38N2O2. The maximum absolute atomic E-state index is 13.8. The number of rotatable bonds is 5. The molecule has 0 aromatic heterocycles. The number of Topliss-reactive ketones (excluding diaryl/α,β-unsaturated/α-hetero) is 1. The normalized spacial score (nSPS) is 19.5. The molecule has 2 unspecified atom stereocenters. The molecule has 5 rings (SSSR count). The van der Waals surface area contributed by atoms with Crippen LogP contribution in [0.5, 0.6) is 5.75 Å². The highest BCUT2D eigenvalue weighted by Gasteiger charge is 2.36. The third-order valence-electron chi connectivity index (χ3n) is 7.35. The first-order chi connectivity index (χ1) is 17.7. The van der Waals surface area contributed by atoms with E-state index in [1.165, 1.54) is 11.1 Å². The summed E-state index contributed by atoms with van der Waals surface area (Å²) >= 11 is 0. The van der Waals surface area contributed by atoms with Gasteiger partial charge < -0.3 is 15.4 Å². The number of ether oxygens (including phenoxy) is 1. The molecule has 4 heteroatoms. The second-order valence-electron chi connectivity index (χ2n) is 11.8. The Morgan fingerprint density at radius 1 is 0.865 bits per heavy atom. The van der Waals surface area contributed by atoms with Gasteiger partial charge in [-0.2, -0.15) is 0 Å². The smallest absolute Gasteiger partial charge is 0.163 e. The quantitative estimate of drug-likeness (QED) is 0.377. The molecule has 2 atom stereocenters. The van der Waals surface area contributed by atoms with Crippen molar-refractivity contribution < 1.29 is 9.53 Å². The molecule has 0 saturated carbocycles. The zero-order chi connectivity index (χ0) is 26.2. The Morgan fingerprint density at radius 3 is 2.16 bits per heavy atom. The molecule has 3 aromatic rings. The van der Waals surface area contributed by atoms with Crippen LogP contribution in [0.4, 0.5) is 11.4 Å². The van der Waals surface area contributed by atoms with E-state index in [1.54, 1.807) is 0 Å². The van der Waals surface area contributed by atoms with Gasteiger partial charge in [0.05, 0.1) is 24.0 Å². The molecule has 3 aromatic carbocycles. The average Bonchev–Trinajstić information content (AvgIpc) is 3.04. The molecule has 0 amide bonds. The highest BCUT2D eigenvalue weighted by molar-refractivity contribution is 6.01. The number of para-hydroxylation sites is 2. The lowest BCUT2D eigenvalue weighted by atomic mass is 9.77. The van der Waals surface area contributed by atoms with Crippen LogP contribution in [0.1, 0.15) is 76.1 Å². The Kier molecular flexibility index (Phi) is 6.85. The van der Waals surface area contributed by atoms with Crippen molar-refractivity contribution in [3.63, 3.8) is 0 Å². The van der Waals surface area contributed by atoms with Crippen LogP contribution in [0, 0.1) is 5.92 Å². The van der Waals surface area contributed by atoms with Gasteiger partial charge in [-0.1, -0.05) is 83.1 Å². The highest BCUT2D eigenvalue weighted by Crippen LogP contribution is 2.44. The summed E-state index contributed by atoms with van der Waals surface area (Å²) in [6.07, 6.45) is 1.32. The molecular weight excluding hydrogens is 456 g/mol. The Labute approximate surface area is 221 Å². The average molecular weight is 495 g/mol. The van der Waals surface area contributed by atoms with E-state index in [0.717, 1.165) is 40.4 Å². The van der Waals surface area contributed by atoms with Gasteiger partial charge in [-0.15, -0.1) is 0 Å². The molecule has 1 aliphatic heterocycles. The minimum Gasteiger partial charge on any atom is -0.493 e. The van der Waals surface area contributed by atoms with Crippen molar-refractivity contribution in [2.24, 2.45) is 5.92 Å². The summed E-state index contributed by atoms with van der Waals surface area (Å²) in [6.45, 7) is 11.7. The van der Waals surface area contributed by atoms with Crippen LogP contribution in [0.2, 0.25) is 0 Å². The summed E-state index contributed by atoms with van der Waals surface area (Å²) in [5.74, 6) is 1.68. The first-order valence-electron chi connectivity index (χ1n) is 13.4. The summed E-state index contributed by atoms with van der Waals surface area (Å²) < 4.78 is 5.90. The molecule has 0 fully saturated rings. The third kappa shape index (κ3) is 5.44. The fourth-order valence-electron chi connectivity index (χ4n) is 5.25. The van der Waals surface area contributed by atoms with Crippen LogP contribution in [0.15, 0.2) is 84.1 Å². The molecule has 0 saturated heterocycles. The predicted molar refractivity (Wildman–Crippen MR) is 152 cm³/mol. The van der Waals surface area contributed by atoms with E-state index in [9.17, 15) is 4.79 Å². The van der Waals surface area contributed by atoms with Crippen molar-refractivity contribution in [2.75, 3.05) is 17.2 Å². The van der Waals surface area contributed by atoms with Crippen LogP contribution < -0.4 is 15.4 Å². The van der Waals surface area contributed by atoms with Crippen molar-refractivity contribution in [1.29, 1.82) is 0 Å². The van der Waals surface area contributed by atoms with Crippen LogP contribution >= 0.6 is 0 Å². The number of carbonyl (C=O) groups excluding carboxylic acids is 1. The molecule has 1 aliphatic carbocycles. The van der Waals surface area contributed by atoms with Crippen LogP contribution in [0.25, 0.3) is 0 Å². The first-order valence-corrected chi connectivity index (χ1v) is 13.4. The van der Waals surface area contributed by atoms with E-state index in [-0.39, 0.29) is 23.2 Å².